The highest BCUT2D eigenvalue weighted by Crippen LogP contribution is 2.10. The molecule has 1 heterocycles. The van der Waals surface area contributed by atoms with E-state index in [1.54, 1.807) is 12.2 Å². The van der Waals surface area contributed by atoms with Gasteiger partial charge in [0.1, 0.15) is 24.4 Å². The molecular formula is C13H14O4. The summed E-state index contributed by atoms with van der Waals surface area (Å²) in [4.78, 5) is 11.5. The van der Waals surface area contributed by atoms with Crippen molar-refractivity contribution in [1.29, 1.82) is 0 Å². The second-order valence-corrected chi connectivity index (χ2v) is 3.13. The zero-order valence-corrected chi connectivity index (χ0v) is 9.55. The number of aliphatic hydroxyl groups is 1. The Balaban J connectivity index is 2.95. The second-order valence-electron chi connectivity index (χ2n) is 3.13. The molecule has 0 fully saturated rings. The Hall–Kier alpha value is -2.07. The summed E-state index contributed by atoms with van der Waals surface area (Å²) in [7, 11) is 0. The normalized spacial score (nSPS) is 11.8. The Kier molecular flexibility index (Phi) is 4.97. The van der Waals surface area contributed by atoms with Crippen LogP contribution in [0.4, 0.5) is 0 Å². The van der Waals surface area contributed by atoms with Crippen LogP contribution in [-0.4, -0.2) is 5.11 Å². The van der Waals surface area contributed by atoms with Crippen LogP contribution in [-0.2, 0) is 6.61 Å². The van der Waals surface area contributed by atoms with Crippen molar-refractivity contribution < 1.29 is 14.3 Å². The maximum absolute atomic E-state index is 11.5. The molecule has 1 N–H and O–H groups in total. The summed E-state index contributed by atoms with van der Waals surface area (Å²) in [6.45, 7) is 5.12. The lowest BCUT2D eigenvalue weighted by Gasteiger charge is -2.04. The molecule has 0 spiro atoms. The zero-order valence-electron chi connectivity index (χ0n) is 9.55. The Morgan fingerprint density at radius 1 is 1.65 bits per heavy atom. The van der Waals surface area contributed by atoms with Gasteiger partial charge in [-0.15, -0.1) is 0 Å². The molecule has 0 saturated carbocycles. The first-order chi connectivity index (χ1) is 8.21. The standard InChI is InChI=1S/C13H14O4/c1-3-5-6-10(4-2)17-13-9-16-11(8-14)7-12(13)15/h3-7,9,14H,2,8H2,1H3/b5-3-,10-6+. The molecular weight excluding hydrogens is 220 g/mol. The van der Waals surface area contributed by atoms with Crippen molar-refractivity contribution in [3.63, 3.8) is 0 Å². The van der Waals surface area contributed by atoms with Crippen LogP contribution in [0.3, 0.4) is 0 Å². The molecule has 17 heavy (non-hydrogen) atoms. The molecule has 0 amide bonds. The maximum atomic E-state index is 11.5. The lowest BCUT2D eigenvalue weighted by molar-refractivity contribution is 0.241. The first-order valence-corrected chi connectivity index (χ1v) is 5.07. The van der Waals surface area contributed by atoms with Gasteiger partial charge in [0.25, 0.3) is 0 Å². The van der Waals surface area contributed by atoms with Gasteiger partial charge in [-0.1, -0.05) is 18.7 Å². The van der Waals surface area contributed by atoms with E-state index in [-0.39, 0.29) is 23.5 Å². The van der Waals surface area contributed by atoms with Gasteiger partial charge in [0.15, 0.2) is 0 Å². The Bertz CT molecular complexity index is 494. The molecule has 4 nitrogen and oxygen atoms in total. The van der Waals surface area contributed by atoms with Crippen molar-refractivity contribution in [3.8, 4) is 5.75 Å². The predicted octanol–water partition coefficient (Wildman–Crippen LogP) is 2.16. The van der Waals surface area contributed by atoms with Crippen LogP contribution in [0.15, 0.2) is 58.2 Å². The lowest BCUT2D eigenvalue weighted by Crippen LogP contribution is -2.07. The molecule has 0 aromatic carbocycles. The minimum atomic E-state index is -0.353. The van der Waals surface area contributed by atoms with Crippen LogP contribution in [0.25, 0.3) is 0 Å². The van der Waals surface area contributed by atoms with Crippen LogP contribution in [0.2, 0.25) is 0 Å². The second kappa shape index (κ2) is 6.50. The van der Waals surface area contributed by atoms with E-state index in [1.165, 1.54) is 18.4 Å². The predicted molar refractivity (Wildman–Crippen MR) is 64.6 cm³/mol. The summed E-state index contributed by atoms with van der Waals surface area (Å²) >= 11 is 0. The number of hydrogen-bond donors (Lipinski definition) is 1. The average Bonchev–Trinajstić information content (AvgIpc) is 2.36. The topological polar surface area (TPSA) is 59.7 Å². The Morgan fingerprint density at radius 2 is 2.41 bits per heavy atom. The van der Waals surface area contributed by atoms with E-state index < -0.39 is 0 Å². The van der Waals surface area contributed by atoms with Gasteiger partial charge in [0.05, 0.1) is 0 Å². The Labute approximate surface area is 99.2 Å². The van der Waals surface area contributed by atoms with Gasteiger partial charge in [-0.3, -0.25) is 4.79 Å². The van der Waals surface area contributed by atoms with Crippen LogP contribution >= 0.6 is 0 Å². The molecule has 0 aliphatic heterocycles. The first-order valence-electron chi connectivity index (χ1n) is 5.07. The zero-order chi connectivity index (χ0) is 12.7. The fraction of sp³-hybridized carbons (Fsp3) is 0.154. The fourth-order valence-corrected chi connectivity index (χ4v) is 1.06. The number of aliphatic hydroxyl groups excluding tert-OH is 1. The average molecular weight is 234 g/mol. The Morgan fingerprint density at radius 3 is 2.94 bits per heavy atom. The number of hydrogen-bond acceptors (Lipinski definition) is 4. The summed E-state index contributed by atoms with van der Waals surface area (Å²) in [5, 5.41) is 8.79. The van der Waals surface area contributed by atoms with Crippen molar-refractivity contribution in [2.45, 2.75) is 13.5 Å². The molecule has 0 saturated heterocycles. The highest BCUT2D eigenvalue weighted by molar-refractivity contribution is 5.25. The molecule has 1 rings (SSSR count). The molecule has 0 aliphatic rings. The smallest absolute Gasteiger partial charge is 0.227 e. The van der Waals surface area contributed by atoms with E-state index >= 15 is 0 Å². The van der Waals surface area contributed by atoms with Crippen molar-refractivity contribution in [1.82, 2.24) is 0 Å². The maximum Gasteiger partial charge on any atom is 0.227 e. The van der Waals surface area contributed by atoms with Crippen molar-refractivity contribution in [3.05, 3.63) is 65.0 Å². The fourth-order valence-electron chi connectivity index (χ4n) is 1.06. The highest BCUT2D eigenvalue weighted by Gasteiger charge is 2.05. The van der Waals surface area contributed by atoms with Gasteiger partial charge in [-0.25, -0.2) is 0 Å². The summed E-state index contributed by atoms with van der Waals surface area (Å²) in [5.41, 5.74) is -0.353. The van der Waals surface area contributed by atoms with E-state index in [0.29, 0.717) is 5.76 Å². The molecule has 0 atom stereocenters. The van der Waals surface area contributed by atoms with Gasteiger partial charge in [0, 0.05) is 6.07 Å². The molecule has 90 valence electrons. The third kappa shape index (κ3) is 3.77. The van der Waals surface area contributed by atoms with E-state index in [4.69, 9.17) is 14.3 Å². The van der Waals surface area contributed by atoms with Crippen molar-refractivity contribution in [2.75, 3.05) is 0 Å². The molecule has 0 aliphatic carbocycles. The van der Waals surface area contributed by atoms with Gasteiger partial charge < -0.3 is 14.3 Å². The lowest BCUT2D eigenvalue weighted by atomic mass is 10.3. The summed E-state index contributed by atoms with van der Waals surface area (Å²) < 4.78 is 10.3. The van der Waals surface area contributed by atoms with E-state index in [2.05, 4.69) is 6.58 Å². The molecule has 0 bridgehead atoms. The van der Waals surface area contributed by atoms with Crippen molar-refractivity contribution in [2.24, 2.45) is 0 Å². The third-order valence-corrected chi connectivity index (χ3v) is 1.89. The number of ether oxygens (including phenoxy) is 1. The monoisotopic (exact) mass is 234 g/mol. The molecule has 1 aromatic rings. The number of allylic oxidation sites excluding steroid dienone is 4. The van der Waals surface area contributed by atoms with Gasteiger partial charge >= 0.3 is 0 Å². The molecule has 1 aromatic heterocycles. The molecule has 0 radical (unpaired) electrons. The largest absolute Gasteiger partial charge is 0.463 e. The summed E-state index contributed by atoms with van der Waals surface area (Å²) in [6.07, 6.45) is 7.91. The quantitative estimate of drug-likeness (QED) is 0.626. The van der Waals surface area contributed by atoms with E-state index in [0.717, 1.165) is 0 Å². The molecule has 4 heteroatoms. The van der Waals surface area contributed by atoms with E-state index in [1.807, 2.05) is 13.0 Å². The summed E-state index contributed by atoms with van der Waals surface area (Å²) in [5.74, 6) is 0.685. The third-order valence-electron chi connectivity index (χ3n) is 1.89. The summed E-state index contributed by atoms with van der Waals surface area (Å²) in [6, 6.07) is 1.19. The highest BCUT2D eigenvalue weighted by atomic mass is 16.5. The molecule has 0 unspecified atom stereocenters. The van der Waals surface area contributed by atoms with Crippen LogP contribution in [0.1, 0.15) is 12.7 Å². The number of rotatable bonds is 5. The van der Waals surface area contributed by atoms with E-state index in [9.17, 15) is 4.79 Å². The van der Waals surface area contributed by atoms with Crippen LogP contribution in [0, 0.1) is 0 Å². The van der Waals surface area contributed by atoms with Gasteiger partial charge in [-0.05, 0) is 19.1 Å². The minimum Gasteiger partial charge on any atom is -0.463 e. The minimum absolute atomic E-state index is 0.0536. The van der Waals surface area contributed by atoms with Gasteiger partial charge in [0.2, 0.25) is 11.2 Å². The van der Waals surface area contributed by atoms with Crippen LogP contribution < -0.4 is 10.2 Å². The van der Waals surface area contributed by atoms with Crippen LogP contribution in [0.5, 0.6) is 5.75 Å². The SMILES string of the molecule is C=C/C(=C\C=C/C)Oc1coc(CO)cc1=O. The van der Waals surface area contributed by atoms with Gasteiger partial charge in [-0.2, -0.15) is 0 Å². The first kappa shape index (κ1) is 13.0. The van der Waals surface area contributed by atoms with Crippen molar-refractivity contribution >= 4 is 0 Å².